The van der Waals surface area contributed by atoms with Crippen molar-refractivity contribution in [2.45, 2.75) is 51.7 Å². The van der Waals surface area contributed by atoms with Gasteiger partial charge in [0.05, 0.1) is 25.0 Å². The summed E-state index contributed by atoms with van der Waals surface area (Å²) in [5.74, 6) is 1.26. The first-order chi connectivity index (χ1) is 16.5. The molecule has 0 aliphatic heterocycles. The van der Waals surface area contributed by atoms with Crippen molar-refractivity contribution in [1.29, 1.82) is 0 Å². The van der Waals surface area contributed by atoms with Gasteiger partial charge in [0, 0.05) is 23.8 Å². The second-order valence-electron chi connectivity index (χ2n) is 7.94. The molecule has 9 nitrogen and oxygen atoms in total. The van der Waals surface area contributed by atoms with Crippen LogP contribution in [0.25, 0.3) is 0 Å². The van der Waals surface area contributed by atoms with E-state index in [0.717, 1.165) is 21.8 Å². The summed E-state index contributed by atoms with van der Waals surface area (Å²) in [5, 5.41) is 9.87. The maximum atomic E-state index is 12.6. The lowest BCUT2D eigenvalue weighted by atomic mass is 9.95. The van der Waals surface area contributed by atoms with Crippen molar-refractivity contribution >= 4 is 34.0 Å². The van der Waals surface area contributed by atoms with Gasteiger partial charge in [0.15, 0.2) is 5.76 Å². The maximum absolute atomic E-state index is 12.6. The number of fused-ring (bicyclic) bond motifs is 1. The summed E-state index contributed by atoms with van der Waals surface area (Å²) in [5.41, 5.74) is 8.97. The number of anilines is 2. The number of rotatable bonds is 9. The number of para-hydroxylation sites is 1. The number of hydrogen-bond acceptors (Lipinski definition) is 8. The van der Waals surface area contributed by atoms with E-state index in [-0.39, 0.29) is 18.6 Å². The van der Waals surface area contributed by atoms with E-state index in [1.54, 1.807) is 6.07 Å². The molecule has 2 heterocycles. The average Bonchev–Trinajstić information content (AvgIpc) is 3.45. The molecule has 4 rings (SSSR count). The molecular weight excluding hydrogens is 456 g/mol. The molecule has 1 atom stereocenters. The van der Waals surface area contributed by atoms with Crippen molar-refractivity contribution in [2.24, 2.45) is 0 Å². The van der Waals surface area contributed by atoms with Gasteiger partial charge in [-0.2, -0.15) is 0 Å². The summed E-state index contributed by atoms with van der Waals surface area (Å²) in [7, 11) is 0. The molecule has 1 aliphatic carbocycles. The summed E-state index contributed by atoms with van der Waals surface area (Å²) in [6.45, 7) is 2.73. The van der Waals surface area contributed by atoms with Gasteiger partial charge >= 0.3 is 6.09 Å². The Morgan fingerprint density at radius 3 is 2.94 bits per heavy atom. The van der Waals surface area contributed by atoms with E-state index in [4.69, 9.17) is 19.7 Å². The number of carbonyl (C=O) groups is 2. The molecule has 180 valence electrons. The topological polar surface area (TPSA) is 129 Å². The number of benzene rings is 1. The maximum Gasteiger partial charge on any atom is 0.407 e. The Kier molecular flexibility index (Phi) is 7.69. The monoisotopic (exact) mass is 484 g/mol. The van der Waals surface area contributed by atoms with Crippen molar-refractivity contribution < 1.29 is 23.6 Å². The highest BCUT2D eigenvalue weighted by Crippen LogP contribution is 2.40. The number of carbonyl (C=O) groups excluding carboxylic acids is 2. The lowest BCUT2D eigenvalue weighted by Crippen LogP contribution is -2.31. The molecule has 1 unspecified atom stereocenters. The lowest BCUT2D eigenvalue weighted by Gasteiger charge is -2.22. The Morgan fingerprint density at radius 2 is 2.15 bits per heavy atom. The number of nitrogens with two attached hydrogens (primary N) is 1. The van der Waals surface area contributed by atoms with Gasteiger partial charge in [-0.1, -0.05) is 23.4 Å². The molecule has 3 aromatic rings. The fourth-order valence-electron chi connectivity index (χ4n) is 3.90. The summed E-state index contributed by atoms with van der Waals surface area (Å²) >= 11 is 1.45. The van der Waals surface area contributed by atoms with Crippen LogP contribution in [-0.2, 0) is 35.3 Å². The van der Waals surface area contributed by atoms with Gasteiger partial charge in [0.1, 0.15) is 16.9 Å². The molecular formula is C24H28N4O5S. The van der Waals surface area contributed by atoms with Gasteiger partial charge in [-0.15, -0.1) is 11.3 Å². The van der Waals surface area contributed by atoms with Crippen LogP contribution in [0.2, 0.25) is 0 Å². The van der Waals surface area contributed by atoms with Crippen LogP contribution in [0.15, 0.2) is 41.1 Å². The molecule has 1 aromatic carbocycles. The minimum Gasteiger partial charge on any atom is -0.494 e. The zero-order valence-electron chi connectivity index (χ0n) is 19.0. The van der Waals surface area contributed by atoms with Crippen LogP contribution in [0, 0.1) is 0 Å². The number of thiophene rings is 1. The number of hydrogen-bond donors (Lipinski definition) is 3. The van der Waals surface area contributed by atoms with Crippen molar-refractivity contribution in [1.82, 2.24) is 10.5 Å². The smallest absolute Gasteiger partial charge is 0.407 e. The fraction of sp³-hybridized carbons (Fsp3) is 0.375. The van der Waals surface area contributed by atoms with Gasteiger partial charge in [-0.3, -0.25) is 4.79 Å². The zero-order chi connectivity index (χ0) is 23.9. The Hall–Kier alpha value is -3.53. The largest absolute Gasteiger partial charge is 0.494 e. The number of alkyl carbamates (subject to hydrolysis) is 1. The van der Waals surface area contributed by atoms with Gasteiger partial charge in [-0.05, 0) is 43.4 Å². The molecule has 0 fully saturated rings. The number of aromatic nitrogens is 1. The van der Waals surface area contributed by atoms with Gasteiger partial charge in [0.25, 0.3) is 0 Å². The van der Waals surface area contributed by atoms with Crippen LogP contribution in [0.4, 0.5) is 15.5 Å². The van der Waals surface area contributed by atoms with Crippen molar-refractivity contribution in [3.05, 3.63) is 58.3 Å². The summed E-state index contributed by atoms with van der Waals surface area (Å²) in [6.07, 6.45) is 3.59. The standard InChI is InChI=1S/C24H28N4O5S/c1-2-31-19-6-4-3-5-15(19)7-10-21(29)28-23-22(25)18-9-8-16(13-20(18)34-23)32-24(30)26-14-17-11-12-27-33-17/h3-6,11-12,16H,2,7-10,13-14,25H2,1H3,(H,26,30)(H,28,29). The van der Waals surface area contributed by atoms with Crippen LogP contribution in [0.1, 0.15) is 41.5 Å². The van der Waals surface area contributed by atoms with Crippen molar-refractivity contribution in [3.63, 3.8) is 0 Å². The molecule has 2 aromatic heterocycles. The highest BCUT2D eigenvalue weighted by molar-refractivity contribution is 7.17. The second-order valence-corrected chi connectivity index (χ2v) is 9.04. The first-order valence-electron chi connectivity index (χ1n) is 11.3. The zero-order valence-corrected chi connectivity index (χ0v) is 19.8. The molecule has 1 aliphatic rings. The third-order valence-electron chi connectivity index (χ3n) is 5.58. The van der Waals surface area contributed by atoms with E-state index in [0.29, 0.717) is 55.2 Å². The molecule has 0 spiro atoms. The summed E-state index contributed by atoms with van der Waals surface area (Å²) < 4.78 is 16.1. The van der Waals surface area contributed by atoms with E-state index >= 15 is 0 Å². The Bertz CT molecular complexity index is 1130. The fourth-order valence-corrected chi connectivity index (χ4v) is 5.15. The quantitative estimate of drug-likeness (QED) is 0.417. The summed E-state index contributed by atoms with van der Waals surface area (Å²) in [4.78, 5) is 25.8. The van der Waals surface area contributed by atoms with Crippen LogP contribution in [0.3, 0.4) is 0 Å². The molecule has 34 heavy (non-hydrogen) atoms. The molecule has 4 N–H and O–H groups in total. The SMILES string of the molecule is CCOc1ccccc1CCC(=O)Nc1sc2c(c1N)CCC(OC(=O)NCc1ccno1)C2. The minimum absolute atomic E-state index is 0.101. The van der Waals surface area contributed by atoms with E-state index in [9.17, 15) is 9.59 Å². The summed E-state index contributed by atoms with van der Waals surface area (Å²) in [6, 6.07) is 9.42. The number of amides is 2. The van der Waals surface area contributed by atoms with E-state index in [1.165, 1.54) is 17.5 Å². The second kappa shape index (κ2) is 11.1. The number of nitrogen functional groups attached to an aromatic ring is 1. The molecule has 0 saturated carbocycles. The molecule has 0 radical (unpaired) electrons. The highest BCUT2D eigenvalue weighted by Gasteiger charge is 2.27. The van der Waals surface area contributed by atoms with Crippen LogP contribution in [0.5, 0.6) is 5.75 Å². The van der Waals surface area contributed by atoms with E-state index < -0.39 is 6.09 Å². The predicted molar refractivity (Wildman–Crippen MR) is 129 cm³/mol. The van der Waals surface area contributed by atoms with Crippen LogP contribution >= 0.6 is 11.3 Å². The first-order valence-corrected chi connectivity index (χ1v) is 12.1. The minimum atomic E-state index is -0.504. The predicted octanol–water partition coefficient (Wildman–Crippen LogP) is 4.07. The Balaban J connectivity index is 1.29. The highest BCUT2D eigenvalue weighted by atomic mass is 32.1. The Labute approximate surface area is 201 Å². The first kappa shape index (κ1) is 23.6. The average molecular weight is 485 g/mol. The third kappa shape index (κ3) is 5.88. The number of nitrogens with one attached hydrogen (secondary N) is 2. The van der Waals surface area contributed by atoms with Gasteiger partial charge in [-0.25, -0.2) is 4.79 Å². The molecule has 0 saturated heterocycles. The normalized spacial score (nSPS) is 14.8. The molecule has 0 bridgehead atoms. The van der Waals surface area contributed by atoms with Crippen LogP contribution < -0.4 is 21.1 Å². The lowest BCUT2D eigenvalue weighted by molar-refractivity contribution is -0.116. The van der Waals surface area contributed by atoms with E-state index in [1.807, 2.05) is 31.2 Å². The molecule has 10 heteroatoms. The van der Waals surface area contributed by atoms with Gasteiger partial charge in [0.2, 0.25) is 5.91 Å². The Morgan fingerprint density at radius 1 is 1.29 bits per heavy atom. The van der Waals surface area contributed by atoms with Gasteiger partial charge < -0.3 is 30.4 Å². The molecule has 2 amide bonds. The van der Waals surface area contributed by atoms with Crippen molar-refractivity contribution in [3.8, 4) is 5.75 Å². The van der Waals surface area contributed by atoms with E-state index in [2.05, 4.69) is 15.8 Å². The van der Waals surface area contributed by atoms with Crippen molar-refractivity contribution in [2.75, 3.05) is 17.7 Å². The third-order valence-corrected chi connectivity index (χ3v) is 6.77. The van der Waals surface area contributed by atoms with Crippen LogP contribution in [-0.4, -0.2) is 29.9 Å². The number of aryl methyl sites for hydroxylation is 1. The number of ether oxygens (including phenoxy) is 2. The number of nitrogens with zero attached hydrogens (tertiary/aromatic N) is 1.